The smallest absolute Gasteiger partial charge is 0.255 e. The predicted molar refractivity (Wildman–Crippen MR) is 75.0 cm³/mol. The molecule has 18 heavy (non-hydrogen) atoms. The number of para-hydroxylation sites is 1. The van der Waals surface area contributed by atoms with E-state index in [2.05, 4.69) is 12.2 Å². The van der Waals surface area contributed by atoms with Gasteiger partial charge in [-0.25, -0.2) is 0 Å². The summed E-state index contributed by atoms with van der Waals surface area (Å²) < 4.78 is 0. The van der Waals surface area contributed by atoms with Gasteiger partial charge in [0.25, 0.3) is 5.91 Å². The summed E-state index contributed by atoms with van der Waals surface area (Å²) in [5.74, 6) is -0.0594. The van der Waals surface area contributed by atoms with Crippen LogP contribution in [-0.2, 0) is 6.42 Å². The Morgan fingerprint density at radius 2 is 1.72 bits per heavy atom. The zero-order valence-electron chi connectivity index (χ0n) is 10.7. The first-order chi connectivity index (χ1) is 8.70. The predicted octanol–water partition coefficient (Wildman–Crippen LogP) is 3.81. The molecule has 0 radical (unpaired) electrons. The fraction of sp³-hybridized carbons (Fsp3) is 0.188. The highest BCUT2D eigenvalue weighted by Gasteiger charge is 2.07. The van der Waals surface area contributed by atoms with E-state index in [1.807, 2.05) is 55.5 Å². The fourth-order valence-corrected chi connectivity index (χ4v) is 1.85. The normalized spacial score (nSPS) is 10.1. The van der Waals surface area contributed by atoms with Crippen LogP contribution in [0, 0.1) is 6.92 Å². The fourth-order valence-electron chi connectivity index (χ4n) is 1.85. The van der Waals surface area contributed by atoms with E-state index in [-0.39, 0.29) is 5.91 Å². The van der Waals surface area contributed by atoms with Crippen molar-refractivity contribution in [2.45, 2.75) is 20.3 Å². The molecule has 0 aliphatic rings. The number of rotatable bonds is 3. The molecule has 0 spiro atoms. The van der Waals surface area contributed by atoms with Gasteiger partial charge in [-0.3, -0.25) is 4.79 Å². The van der Waals surface area contributed by atoms with E-state index in [1.165, 1.54) is 0 Å². The summed E-state index contributed by atoms with van der Waals surface area (Å²) in [4.78, 5) is 12.1. The second-order valence-electron chi connectivity index (χ2n) is 4.33. The summed E-state index contributed by atoms with van der Waals surface area (Å²) >= 11 is 0. The molecule has 92 valence electrons. The highest BCUT2D eigenvalue weighted by atomic mass is 16.1. The average Bonchev–Trinajstić information content (AvgIpc) is 2.40. The molecule has 0 atom stereocenters. The van der Waals surface area contributed by atoms with Crippen LogP contribution in [0.3, 0.4) is 0 Å². The molecule has 0 saturated heterocycles. The number of carbonyl (C=O) groups excluding carboxylic acids is 1. The van der Waals surface area contributed by atoms with Gasteiger partial charge in [-0.05, 0) is 37.1 Å². The van der Waals surface area contributed by atoms with Crippen molar-refractivity contribution in [1.82, 2.24) is 0 Å². The summed E-state index contributed by atoms with van der Waals surface area (Å²) in [6, 6.07) is 15.5. The van der Waals surface area contributed by atoms with Crippen molar-refractivity contribution < 1.29 is 4.79 Å². The van der Waals surface area contributed by atoms with Crippen LogP contribution >= 0.6 is 0 Å². The summed E-state index contributed by atoms with van der Waals surface area (Å²) in [6.07, 6.45) is 0.907. The minimum atomic E-state index is -0.0594. The maximum atomic E-state index is 12.1. The van der Waals surface area contributed by atoms with Crippen molar-refractivity contribution >= 4 is 11.6 Å². The summed E-state index contributed by atoms with van der Waals surface area (Å²) in [5.41, 5.74) is 3.88. The highest BCUT2D eigenvalue weighted by Crippen LogP contribution is 2.16. The lowest BCUT2D eigenvalue weighted by atomic mass is 10.1. The zero-order valence-corrected chi connectivity index (χ0v) is 10.7. The Bertz CT molecular complexity index is 543. The van der Waals surface area contributed by atoms with E-state index < -0.39 is 0 Å². The van der Waals surface area contributed by atoms with E-state index in [0.29, 0.717) is 5.56 Å². The molecule has 0 saturated carbocycles. The molecule has 2 aromatic rings. The topological polar surface area (TPSA) is 29.1 Å². The third-order valence-corrected chi connectivity index (χ3v) is 2.96. The molecule has 0 bridgehead atoms. The van der Waals surface area contributed by atoms with E-state index in [1.54, 1.807) is 0 Å². The van der Waals surface area contributed by atoms with Crippen molar-refractivity contribution in [2.75, 3.05) is 5.32 Å². The second kappa shape index (κ2) is 5.50. The van der Waals surface area contributed by atoms with Crippen LogP contribution in [0.2, 0.25) is 0 Å². The average molecular weight is 239 g/mol. The first-order valence-corrected chi connectivity index (χ1v) is 6.16. The second-order valence-corrected chi connectivity index (χ2v) is 4.33. The molecule has 2 heteroatoms. The van der Waals surface area contributed by atoms with Gasteiger partial charge in [0.1, 0.15) is 0 Å². The largest absolute Gasteiger partial charge is 0.322 e. The van der Waals surface area contributed by atoms with Crippen molar-refractivity contribution in [3.05, 3.63) is 65.2 Å². The molecular formula is C16H17NO. The van der Waals surface area contributed by atoms with Gasteiger partial charge in [-0.2, -0.15) is 0 Å². The van der Waals surface area contributed by atoms with Crippen LogP contribution in [0.25, 0.3) is 0 Å². The van der Waals surface area contributed by atoms with Crippen LogP contribution in [0.5, 0.6) is 0 Å². The standard InChI is InChI=1S/C16H17NO/c1-3-13-6-4-5-7-15(13)17-16(18)14-10-8-12(2)9-11-14/h4-11H,3H2,1-2H3,(H,17,18). The molecule has 0 aromatic heterocycles. The first-order valence-electron chi connectivity index (χ1n) is 6.16. The van der Waals surface area contributed by atoms with Crippen LogP contribution in [-0.4, -0.2) is 5.91 Å². The molecule has 1 N–H and O–H groups in total. The van der Waals surface area contributed by atoms with E-state index in [0.717, 1.165) is 23.2 Å². The summed E-state index contributed by atoms with van der Waals surface area (Å²) in [7, 11) is 0. The number of anilines is 1. The molecule has 0 fully saturated rings. The third-order valence-electron chi connectivity index (χ3n) is 2.96. The Morgan fingerprint density at radius 1 is 1.06 bits per heavy atom. The van der Waals surface area contributed by atoms with Crippen LogP contribution in [0.1, 0.15) is 28.4 Å². The number of amides is 1. The van der Waals surface area contributed by atoms with E-state index in [9.17, 15) is 4.79 Å². The number of carbonyl (C=O) groups is 1. The lowest BCUT2D eigenvalue weighted by Gasteiger charge is -2.09. The highest BCUT2D eigenvalue weighted by molar-refractivity contribution is 6.04. The van der Waals surface area contributed by atoms with Crippen LogP contribution in [0.15, 0.2) is 48.5 Å². The van der Waals surface area contributed by atoms with Gasteiger partial charge < -0.3 is 5.32 Å². The van der Waals surface area contributed by atoms with Gasteiger partial charge >= 0.3 is 0 Å². The van der Waals surface area contributed by atoms with Gasteiger partial charge in [-0.15, -0.1) is 0 Å². The Balaban J connectivity index is 2.18. The van der Waals surface area contributed by atoms with Crippen molar-refractivity contribution in [2.24, 2.45) is 0 Å². The SMILES string of the molecule is CCc1ccccc1NC(=O)c1ccc(C)cc1. The molecule has 0 aliphatic carbocycles. The van der Waals surface area contributed by atoms with Crippen molar-refractivity contribution in [3.8, 4) is 0 Å². The molecule has 2 nitrogen and oxygen atoms in total. The van der Waals surface area contributed by atoms with Gasteiger partial charge in [0.05, 0.1) is 0 Å². The van der Waals surface area contributed by atoms with Crippen molar-refractivity contribution in [3.63, 3.8) is 0 Å². The molecule has 2 aromatic carbocycles. The first kappa shape index (κ1) is 12.4. The van der Waals surface area contributed by atoms with E-state index >= 15 is 0 Å². The van der Waals surface area contributed by atoms with Crippen LogP contribution < -0.4 is 5.32 Å². The van der Waals surface area contributed by atoms with Gasteiger partial charge in [0, 0.05) is 11.3 Å². The van der Waals surface area contributed by atoms with Gasteiger partial charge in [0.2, 0.25) is 0 Å². The van der Waals surface area contributed by atoms with Gasteiger partial charge in [0.15, 0.2) is 0 Å². The quantitative estimate of drug-likeness (QED) is 0.867. The minimum Gasteiger partial charge on any atom is -0.322 e. The number of hydrogen-bond donors (Lipinski definition) is 1. The Morgan fingerprint density at radius 3 is 2.39 bits per heavy atom. The minimum absolute atomic E-state index is 0.0594. The lowest BCUT2D eigenvalue weighted by molar-refractivity contribution is 0.102. The molecule has 0 heterocycles. The number of aryl methyl sites for hydroxylation is 2. The van der Waals surface area contributed by atoms with E-state index in [4.69, 9.17) is 0 Å². The molecule has 0 aliphatic heterocycles. The molecular weight excluding hydrogens is 222 g/mol. The maximum Gasteiger partial charge on any atom is 0.255 e. The third kappa shape index (κ3) is 2.77. The molecule has 2 rings (SSSR count). The maximum absolute atomic E-state index is 12.1. The Kier molecular flexibility index (Phi) is 3.78. The Hall–Kier alpha value is -2.09. The van der Waals surface area contributed by atoms with Gasteiger partial charge in [-0.1, -0.05) is 42.8 Å². The molecule has 0 unspecified atom stereocenters. The number of hydrogen-bond acceptors (Lipinski definition) is 1. The molecule has 1 amide bonds. The monoisotopic (exact) mass is 239 g/mol. The van der Waals surface area contributed by atoms with Crippen molar-refractivity contribution in [1.29, 1.82) is 0 Å². The summed E-state index contributed by atoms with van der Waals surface area (Å²) in [6.45, 7) is 4.09. The number of nitrogens with one attached hydrogen (secondary N) is 1. The summed E-state index contributed by atoms with van der Waals surface area (Å²) in [5, 5.41) is 2.96. The van der Waals surface area contributed by atoms with Crippen LogP contribution in [0.4, 0.5) is 5.69 Å². The lowest BCUT2D eigenvalue weighted by Crippen LogP contribution is -2.13. The zero-order chi connectivity index (χ0) is 13.0. The Labute approximate surface area is 108 Å². The number of benzene rings is 2.